The highest BCUT2D eigenvalue weighted by molar-refractivity contribution is 8.13. The third kappa shape index (κ3) is 39.0. The minimum absolute atomic E-state index is 0.0527. The number of amides is 1. The largest absolute Gasteiger partial charge is 0.464 e. The zero-order valence-electron chi connectivity index (χ0n) is 37.6. The number of unbranched alkanes of at least 4 members (excludes halogenated alkanes) is 22. The summed E-state index contributed by atoms with van der Waals surface area (Å²) < 4.78 is 11.9. The van der Waals surface area contributed by atoms with Gasteiger partial charge in [-0.05, 0) is 70.6 Å². The summed E-state index contributed by atoms with van der Waals surface area (Å²) in [5, 5.41) is -0.0527. The Morgan fingerprint density at radius 1 is 0.482 bits per heavy atom. The minimum Gasteiger partial charge on any atom is -0.464 e. The van der Waals surface area contributed by atoms with Gasteiger partial charge in [0.25, 0.3) is 5.24 Å². The zero-order valence-corrected chi connectivity index (χ0v) is 38.4. The summed E-state index contributed by atoms with van der Waals surface area (Å²) in [6.07, 6.45) is 43.1. The molecule has 0 rings (SSSR count). The van der Waals surface area contributed by atoms with Crippen molar-refractivity contribution in [1.29, 1.82) is 0 Å². The summed E-state index contributed by atoms with van der Waals surface area (Å²) >= 11 is 1.30. The smallest absolute Gasteiger partial charge is 0.305 e. The Morgan fingerprint density at radius 3 is 1.21 bits per heavy atom. The van der Waals surface area contributed by atoms with Gasteiger partial charge in [0.2, 0.25) is 0 Å². The van der Waals surface area contributed by atoms with Gasteiger partial charge in [-0.2, -0.15) is 0 Å². The number of ether oxygens (including phenoxy) is 2. The van der Waals surface area contributed by atoms with E-state index in [0.29, 0.717) is 31.7 Å². The van der Waals surface area contributed by atoms with Crippen LogP contribution in [0.2, 0.25) is 0 Å². The molecule has 7 nitrogen and oxygen atoms in total. The van der Waals surface area contributed by atoms with Crippen molar-refractivity contribution in [2.24, 2.45) is 0 Å². The molecule has 56 heavy (non-hydrogen) atoms. The van der Waals surface area contributed by atoms with Crippen LogP contribution in [-0.2, 0) is 19.1 Å². The van der Waals surface area contributed by atoms with E-state index in [4.69, 9.17) is 9.47 Å². The third-order valence-electron chi connectivity index (χ3n) is 10.5. The Balaban J connectivity index is 4.26. The van der Waals surface area contributed by atoms with Gasteiger partial charge in [0, 0.05) is 12.8 Å². The summed E-state index contributed by atoms with van der Waals surface area (Å²) in [5.41, 5.74) is 0. The maximum Gasteiger partial charge on any atom is 0.305 e. The zero-order chi connectivity index (χ0) is 41.2. The van der Waals surface area contributed by atoms with Crippen molar-refractivity contribution < 1.29 is 28.3 Å². The monoisotopic (exact) mass is 808 g/mol. The number of hydrogen-bond acceptors (Lipinski definition) is 6. The van der Waals surface area contributed by atoms with Crippen LogP contribution in [0.1, 0.15) is 207 Å². The number of quaternary nitrogens is 1. The van der Waals surface area contributed by atoms with Crippen molar-refractivity contribution in [2.75, 3.05) is 59.2 Å². The van der Waals surface area contributed by atoms with E-state index in [0.717, 1.165) is 75.4 Å². The van der Waals surface area contributed by atoms with Crippen molar-refractivity contribution >= 4 is 28.9 Å². The van der Waals surface area contributed by atoms with Crippen LogP contribution in [0, 0.1) is 0 Å². The van der Waals surface area contributed by atoms with Gasteiger partial charge < -0.3 is 18.9 Å². The van der Waals surface area contributed by atoms with Gasteiger partial charge in [-0.1, -0.05) is 160 Å². The number of hydrogen-bond donors (Lipinski definition) is 0. The van der Waals surface area contributed by atoms with Crippen LogP contribution in [0.15, 0.2) is 24.3 Å². The second kappa shape index (κ2) is 41.4. The molecule has 0 bridgehead atoms. The number of carbonyl (C=O) groups excluding carboxylic acids is 3. The topological polar surface area (TPSA) is 72.9 Å². The Morgan fingerprint density at radius 2 is 0.839 bits per heavy atom. The molecule has 1 amide bonds. The van der Waals surface area contributed by atoms with E-state index in [9.17, 15) is 14.4 Å². The minimum atomic E-state index is -0.201. The Bertz CT molecular complexity index is 911. The maximum atomic E-state index is 13.2. The van der Waals surface area contributed by atoms with Crippen LogP contribution in [-0.4, -0.2) is 85.8 Å². The molecule has 0 saturated carbocycles. The second-order valence-electron chi connectivity index (χ2n) is 16.6. The fourth-order valence-corrected chi connectivity index (χ4v) is 7.97. The summed E-state index contributed by atoms with van der Waals surface area (Å²) in [5.74, 6) is 0.313. The molecule has 8 heteroatoms. The second-order valence-corrected chi connectivity index (χ2v) is 17.6. The number of esters is 2. The molecular formula is C48H91N2O5S+. The Labute approximate surface area is 351 Å². The van der Waals surface area contributed by atoms with Crippen molar-refractivity contribution in [3.63, 3.8) is 0 Å². The van der Waals surface area contributed by atoms with Crippen LogP contribution >= 0.6 is 11.8 Å². The molecule has 0 aliphatic heterocycles. The molecule has 0 atom stereocenters. The van der Waals surface area contributed by atoms with E-state index in [1.807, 2.05) is 0 Å². The first kappa shape index (κ1) is 54.2. The normalized spacial score (nSPS) is 11.9. The standard InChI is InChI=1S/C48H91N2O5S/c1-6-9-11-13-15-17-19-21-23-25-27-29-31-33-35-37-46(51)54-43-39-49(48(53)56-45-42-50(4,5)41-8-3)40-44-55-47(52)38-36-34-32-30-28-26-24-22-20-18-16-14-12-10-7-2/h21-24H,6-20,25-45H2,1-5H3/q+1/b23-21-,24-22-. The molecule has 328 valence electrons. The number of thioether (sulfide) groups is 1. The predicted molar refractivity (Wildman–Crippen MR) is 242 cm³/mol. The third-order valence-corrected chi connectivity index (χ3v) is 11.4. The molecule has 0 heterocycles. The van der Waals surface area contributed by atoms with Crippen LogP contribution in [0.3, 0.4) is 0 Å². The fourth-order valence-electron chi connectivity index (χ4n) is 6.85. The van der Waals surface area contributed by atoms with Crippen LogP contribution in [0.4, 0.5) is 4.79 Å². The van der Waals surface area contributed by atoms with Crippen molar-refractivity contribution in [3.8, 4) is 0 Å². The van der Waals surface area contributed by atoms with E-state index < -0.39 is 0 Å². The van der Waals surface area contributed by atoms with Crippen LogP contribution < -0.4 is 0 Å². The van der Waals surface area contributed by atoms with E-state index in [2.05, 4.69) is 59.2 Å². The lowest BCUT2D eigenvalue weighted by atomic mass is 10.1. The number of allylic oxidation sites excluding steroid dienone is 4. The molecule has 0 spiro atoms. The van der Waals surface area contributed by atoms with E-state index in [1.165, 1.54) is 127 Å². The fraction of sp³-hybridized carbons (Fsp3) is 0.854. The number of carbonyl (C=O) groups is 3. The van der Waals surface area contributed by atoms with Gasteiger partial charge in [0.15, 0.2) is 0 Å². The predicted octanol–water partition coefficient (Wildman–Crippen LogP) is 13.8. The molecule has 0 saturated heterocycles. The molecule has 0 aromatic carbocycles. The molecular weight excluding hydrogens is 717 g/mol. The SMILES string of the molecule is CCCCCCCC/C=C\CCCCCCCC(=O)OCCN(CCOC(=O)CCCCCCC/C=C\CCCCCCCC)C(=O)SCC[N+](C)(C)CCC. The number of nitrogens with zero attached hydrogens (tertiary/aromatic N) is 2. The summed E-state index contributed by atoms with van der Waals surface area (Å²) in [7, 11) is 4.38. The molecule has 0 fully saturated rings. The van der Waals surface area contributed by atoms with E-state index in [1.54, 1.807) is 4.90 Å². The highest BCUT2D eigenvalue weighted by Crippen LogP contribution is 2.14. The van der Waals surface area contributed by atoms with Gasteiger partial charge in [-0.15, -0.1) is 0 Å². The van der Waals surface area contributed by atoms with Crippen molar-refractivity contribution in [3.05, 3.63) is 24.3 Å². The van der Waals surface area contributed by atoms with E-state index >= 15 is 0 Å². The van der Waals surface area contributed by atoms with Gasteiger partial charge in [0.05, 0.1) is 46.0 Å². The summed E-state index contributed by atoms with van der Waals surface area (Å²) in [4.78, 5) is 39.7. The summed E-state index contributed by atoms with van der Waals surface area (Å²) in [6, 6.07) is 0. The first-order valence-electron chi connectivity index (χ1n) is 23.6. The highest BCUT2D eigenvalue weighted by Gasteiger charge is 2.19. The first-order chi connectivity index (χ1) is 27.3. The molecule has 0 aliphatic rings. The maximum absolute atomic E-state index is 13.2. The average molecular weight is 808 g/mol. The number of rotatable bonds is 41. The molecule has 0 radical (unpaired) electrons. The average Bonchev–Trinajstić information content (AvgIpc) is 3.17. The molecule has 0 aliphatic carbocycles. The van der Waals surface area contributed by atoms with Gasteiger partial charge in [-0.25, -0.2) is 0 Å². The van der Waals surface area contributed by atoms with Crippen molar-refractivity contribution in [2.45, 2.75) is 207 Å². The summed E-state index contributed by atoms with van der Waals surface area (Å²) in [6.45, 7) is 9.61. The highest BCUT2D eigenvalue weighted by atomic mass is 32.2. The first-order valence-corrected chi connectivity index (χ1v) is 24.6. The lowest BCUT2D eigenvalue weighted by Crippen LogP contribution is -2.42. The molecule has 0 N–H and O–H groups in total. The quantitative estimate of drug-likeness (QED) is 0.0265. The Kier molecular flexibility index (Phi) is 40.0. The molecule has 0 aromatic rings. The van der Waals surface area contributed by atoms with Gasteiger partial charge in [0.1, 0.15) is 13.2 Å². The van der Waals surface area contributed by atoms with E-state index in [-0.39, 0.29) is 30.4 Å². The molecule has 0 unspecified atom stereocenters. The lowest BCUT2D eigenvalue weighted by Gasteiger charge is -2.29. The Hall–Kier alpha value is -1.80. The van der Waals surface area contributed by atoms with Crippen LogP contribution in [0.25, 0.3) is 0 Å². The van der Waals surface area contributed by atoms with Gasteiger partial charge in [-0.3, -0.25) is 14.4 Å². The van der Waals surface area contributed by atoms with Crippen molar-refractivity contribution in [1.82, 2.24) is 4.90 Å². The molecule has 0 aromatic heterocycles. The lowest BCUT2D eigenvalue weighted by molar-refractivity contribution is -0.887. The van der Waals surface area contributed by atoms with Crippen LogP contribution in [0.5, 0.6) is 0 Å². The van der Waals surface area contributed by atoms with Gasteiger partial charge >= 0.3 is 11.9 Å².